The van der Waals surface area contributed by atoms with Crippen molar-refractivity contribution in [2.75, 3.05) is 13.7 Å². The van der Waals surface area contributed by atoms with Gasteiger partial charge < -0.3 is 19.6 Å². The summed E-state index contributed by atoms with van der Waals surface area (Å²) in [6, 6.07) is 14.7. The summed E-state index contributed by atoms with van der Waals surface area (Å²) in [5, 5.41) is 29.3. The molecular formula is C45H57N5O13. The van der Waals surface area contributed by atoms with E-state index in [0.717, 1.165) is 10.9 Å². The number of nitro benzene ring substituents is 2. The molecule has 3 aromatic carbocycles. The summed E-state index contributed by atoms with van der Waals surface area (Å²) in [6.45, 7) is 22.6. The van der Waals surface area contributed by atoms with E-state index >= 15 is 0 Å². The number of nitro groups is 2. The Balaban J connectivity index is 0.000000294. The molecule has 2 aromatic heterocycles. The van der Waals surface area contributed by atoms with E-state index in [1.807, 2.05) is 68.4 Å². The number of ether oxygens (including phenoxy) is 2. The zero-order valence-corrected chi connectivity index (χ0v) is 38.0. The summed E-state index contributed by atoms with van der Waals surface area (Å²) in [5.41, 5.74) is 6.57. The Morgan fingerprint density at radius 1 is 0.794 bits per heavy atom. The van der Waals surface area contributed by atoms with Crippen molar-refractivity contribution in [2.45, 2.75) is 101 Å². The maximum absolute atomic E-state index is 12.2. The smallest absolute Gasteiger partial charge is 0.336 e. The summed E-state index contributed by atoms with van der Waals surface area (Å²) < 4.78 is 19.2. The number of ketones is 3. The van der Waals surface area contributed by atoms with E-state index in [2.05, 4.69) is 19.7 Å². The molecule has 18 nitrogen and oxygen atoms in total. The number of benzene rings is 3. The topological polar surface area (TPSA) is 268 Å². The number of non-ortho nitro benzene ring substituents is 2. The molecule has 5 aromatic rings. The summed E-state index contributed by atoms with van der Waals surface area (Å²) in [6.07, 6.45) is 0.220. The Labute approximate surface area is 364 Å². The van der Waals surface area contributed by atoms with Gasteiger partial charge in [-0.1, -0.05) is 83.1 Å². The molecule has 0 bridgehead atoms. The van der Waals surface area contributed by atoms with Crippen LogP contribution in [-0.2, 0) is 31.0 Å². The number of methoxy groups -OCH3 is 1. The second-order valence-corrected chi connectivity index (χ2v) is 18.4. The largest absolute Gasteiger partial charge is 0.497 e. The molecule has 0 radical (unpaired) electrons. The van der Waals surface area contributed by atoms with Crippen molar-refractivity contribution in [3.8, 4) is 5.75 Å². The van der Waals surface area contributed by atoms with Gasteiger partial charge >= 0.3 is 11.3 Å². The number of aromatic nitrogens is 2. The number of Topliss-reactive ketones (excluding diaryl/α,β-unsaturated/α-hetero) is 3. The summed E-state index contributed by atoms with van der Waals surface area (Å²) >= 11 is 0. The quantitative estimate of drug-likeness (QED) is 0.0454. The molecule has 0 saturated carbocycles. The van der Waals surface area contributed by atoms with Gasteiger partial charge in [0, 0.05) is 63.9 Å². The van der Waals surface area contributed by atoms with E-state index < -0.39 is 37.8 Å². The number of nitrogens with two attached hydrogens (primary N) is 1. The Kier molecular flexibility index (Phi) is 17.8. The maximum atomic E-state index is 12.2. The molecule has 0 aliphatic heterocycles. The van der Waals surface area contributed by atoms with Gasteiger partial charge in [-0.15, -0.1) is 0 Å². The normalized spacial score (nSPS) is 12.0. The van der Waals surface area contributed by atoms with Crippen LogP contribution in [0.15, 0.2) is 74.5 Å². The second-order valence-electron chi connectivity index (χ2n) is 18.4. The minimum absolute atomic E-state index is 0.000425. The predicted octanol–water partition coefficient (Wildman–Crippen LogP) is 8.31. The van der Waals surface area contributed by atoms with Crippen LogP contribution in [-0.4, -0.2) is 63.7 Å². The van der Waals surface area contributed by atoms with Crippen molar-refractivity contribution < 1.29 is 47.5 Å². The van der Waals surface area contributed by atoms with Gasteiger partial charge in [0.15, 0.2) is 11.6 Å². The fourth-order valence-electron chi connectivity index (χ4n) is 5.47. The van der Waals surface area contributed by atoms with Crippen molar-refractivity contribution in [1.29, 1.82) is 0 Å². The predicted molar refractivity (Wildman–Crippen MR) is 236 cm³/mol. The molecule has 0 aliphatic carbocycles. The van der Waals surface area contributed by atoms with Gasteiger partial charge in [0.2, 0.25) is 5.52 Å². The molecule has 0 spiro atoms. The van der Waals surface area contributed by atoms with Gasteiger partial charge in [0.1, 0.15) is 29.2 Å². The van der Waals surface area contributed by atoms with Crippen LogP contribution in [0.2, 0.25) is 0 Å². The van der Waals surface area contributed by atoms with Gasteiger partial charge in [-0.3, -0.25) is 39.4 Å². The second kappa shape index (κ2) is 21.4. The number of fused-ring (bicyclic) bond motifs is 2. The lowest BCUT2D eigenvalue weighted by Crippen LogP contribution is -2.42. The van der Waals surface area contributed by atoms with Gasteiger partial charge in [-0.05, 0) is 57.2 Å². The average molecular weight is 876 g/mol. The molecule has 340 valence electrons. The summed E-state index contributed by atoms with van der Waals surface area (Å²) in [7, 11) is 1.55. The van der Waals surface area contributed by atoms with Crippen LogP contribution in [0.5, 0.6) is 5.75 Å². The highest BCUT2D eigenvalue weighted by molar-refractivity contribution is 6.00. The molecule has 0 unspecified atom stereocenters. The summed E-state index contributed by atoms with van der Waals surface area (Å²) in [4.78, 5) is 76.9. The molecule has 0 aliphatic rings. The molecule has 0 fully saturated rings. The van der Waals surface area contributed by atoms with Crippen LogP contribution in [0, 0.1) is 36.5 Å². The molecule has 18 heteroatoms. The number of hydrogen-bond donors (Lipinski definition) is 1. The lowest BCUT2D eigenvalue weighted by molar-refractivity contribution is -0.384. The number of hydrogen-bond acceptors (Lipinski definition) is 16. The molecule has 1 atom stereocenters. The van der Waals surface area contributed by atoms with E-state index in [1.54, 1.807) is 46.1 Å². The first kappa shape index (κ1) is 52.4. The Hall–Kier alpha value is -6.69. The number of rotatable bonds is 10. The zero-order chi connectivity index (χ0) is 48.2. The van der Waals surface area contributed by atoms with Crippen LogP contribution in [0.4, 0.5) is 11.4 Å². The molecule has 2 heterocycles. The van der Waals surface area contributed by atoms with Crippen LogP contribution >= 0.6 is 0 Å². The Bertz CT molecular complexity index is 2480. The molecule has 63 heavy (non-hydrogen) atoms. The average Bonchev–Trinajstić information content (AvgIpc) is 3.68. The molecule has 0 amide bonds. The van der Waals surface area contributed by atoms with Gasteiger partial charge in [-0.2, -0.15) is 0 Å². The SMILES string of the molecule is CC(C)(C)C(=O)[C@@H](N)COC=O.CC(C)(C)C(=O)c1ccc([N+](=O)[O-])cc1.CC(C)(C)c1ccc([N+](=O)[O-])c2nonc12.COc1ccc2c(CC(=O)C(C)(C)C)cc(=O)oc2c1. The molecule has 2 N–H and O–H groups in total. The van der Waals surface area contributed by atoms with Crippen molar-refractivity contribution >= 4 is 57.2 Å². The van der Waals surface area contributed by atoms with E-state index in [0.29, 0.717) is 28.0 Å². The first-order valence-corrected chi connectivity index (χ1v) is 19.6. The highest BCUT2D eigenvalue weighted by atomic mass is 16.6. The Morgan fingerprint density at radius 3 is 1.86 bits per heavy atom. The van der Waals surface area contributed by atoms with E-state index in [-0.39, 0.29) is 59.2 Å². The van der Waals surface area contributed by atoms with Crippen LogP contribution < -0.4 is 16.1 Å². The van der Waals surface area contributed by atoms with Gasteiger partial charge in [0.05, 0.1) is 23.0 Å². The zero-order valence-electron chi connectivity index (χ0n) is 38.0. The standard InChI is InChI=1S/C16H18O4.C11H13NO3.C10H11N3O3.C8H15NO3/c1-16(2,3)14(17)7-10-8-15(18)20-13-9-11(19-4)5-6-12(10)13;1-11(2,3)10(13)8-4-6-9(7-5-8)12(14)15;1-10(2,3)6-4-5-7(13(14)15)9-8(6)11-16-12-9;1-8(2,3)7(11)6(9)4-12-5-10/h5-6,8-9H,7H2,1-4H3;4-7H,1-3H3;4-5H,1-3H3;5-6H,4,9H2,1-3H3/t;;;6-/m...0/s1. The first-order chi connectivity index (χ1) is 28.9. The van der Waals surface area contributed by atoms with Crippen molar-refractivity contribution in [3.63, 3.8) is 0 Å². The molecule has 5 rings (SSSR count). The number of carbonyl (C=O) groups excluding carboxylic acids is 4. The fraction of sp³-hybridized carbons (Fsp3) is 0.444. The highest BCUT2D eigenvalue weighted by Crippen LogP contribution is 2.33. The van der Waals surface area contributed by atoms with Crippen LogP contribution in [0.25, 0.3) is 22.0 Å². The third-order valence-electron chi connectivity index (χ3n) is 9.07. The Morgan fingerprint density at radius 2 is 1.38 bits per heavy atom. The highest BCUT2D eigenvalue weighted by Gasteiger charge is 2.28. The van der Waals surface area contributed by atoms with Crippen LogP contribution in [0.3, 0.4) is 0 Å². The van der Waals surface area contributed by atoms with E-state index in [4.69, 9.17) is 14.9 Å². The summed E-state index contributed by atoms with van der Waals surface area (Å²) in [5.74, 6) is 0.571. The minimum Gasteiger partial charge on any atom is -0.497 e. The molecular weight excluding hydrogens is 819 g/mol. The first-order valence-electron chi connectivity index (χ1n) is 19.6. The van der Waals surface area contributed by atoms with Crippen molar-refractivity contribution in [2.24, 2.45) is 22.0 Å². The third-order valence-corrected chi connectivity index (χ3v) is 9.07. The van der Waals surface area contributed by atoms with Crippen molar-refractivity contribution in [3.05, 3.63) is 108 Å². The van der Waals surface area contributed by atoms with Gasteiger partial charge in [0.25, 0.3) is 12.2 Å². The van der Waals surface area contributed by atoms with E-state index in [9.17, 15) is 44.2 Å². The van der Waals surface area contributed by atoms with Crippen LogP contribution in [0.1, 0.15) is 105 Å². The van der Waals surface area contributed by atoms with E-state index in [1.165, 1.54) is 36.4 Å². The molecule has 0 saturated heterocycles. The minimum atomic E-state index is -0.713. The van der Waals surface area contributed by atoms with Crippen molar-refractivity contribution in [1.82, 2.24) is 10.3 Å². The number of nitrogens with zero attached hydrogens (tertiary/aromatic N) is 4. The number of carbonyl (C=O) groups is 4. The monoisotopic (exact) mass is 875 g/mol. The lowest BCUT2D eigenvalue weighted by Gasteiger charge is -2.20. The maximum Gasteiger partial charge on any atom is 0.336 e. The fourth-order valence-corrected chi connectivity index (χ4v) is 5.47. The third kappa shape index (κ3) is 15.3. The van der Waals surface area contributed by atoms with Gasteiger partial charge in [-0.25, -0.2) is 9.42 Å². The lowest BCUT2D eigenvalue weighted by atomic mass is 9.86.